The summed E-state index contributed by atoms with van der Waals surface area (Å²) >= 11 is 0. The van der Waals surface area contributed by atoms with Crippen LogP contribution < -0.4 is 5.32 Å². The number of fused-ring (bicyclic) bond motifs is 3. The van der Waals surface area contributed by atoms with Gasteiger partial charge in [-0.1, -0.05) is 69.3 Å². The average molecular weight is 465 g/mol. The SMILES string of the molecule is CC(C)(C)C(NC(=O)OCC1c2ccccc2-c2ccccc21)C(=O)N1CCCC1(C)C(=O)O. The Kier molecular flexibility index (Phi) is 6.14. The van der Waals surface area contributed by atoms with Crippen LogP contribution >= 0.6 is 0 Å². The molecule has 7 nitrogen and oxygen atoms in total. The second-order valence-corrected chi connectivity index (χ2v) is 10.4. The van der Waals surface area contributed by atoms with Gasteiger partial charge < -0.3 is 20.1 Å². The monoisotopic (exact) mass is 464 g/mol. The van der Waals surface area contributed by atoms with E-state index in [1.807, 2.05) is 57.2 Å². The van der Waals surface area contributed by atoms with Crippen LogP contribution in [0.15, 0.2) is 48.5 Å². The van der Waals surface area contributed by atoms with Crippen LogP contribution in [-0.2, 0) is 14.3 Å². The average Bonchev–Trinajstić information content (AvgIpc) is 3.34. The molecule has 34 heavy (non-hydrogen) atoms. The summed E-state index contributed by atoms with van der Waals surface area (Å²) in [6, 6.07) is 15.2. The molecule has 1 heterocycles. The number of rotatable bonds is 5. The molecule has 7 heteroatoms. The van der Waals surface area contributed by atoms with Crippen molar-refractivity contribution in [2.45, 2.75) is 58.0 Å². The Morgan fingerprint density at radius 2 is 1.65 bits per heavy atom. The van der Waals surface area contributed by atoms with E-state index in [0.717, 1.165) is 22.3 Å². The molecule has 2 aliphatic rings. The number of hydrogen-bond donors (Lipinski definition) is 2. The van der Waals surface area contributed by atoms with E-state index < -0.39 is 35.0 Å². The van der Waals surface area contributed by atoms with Gasteiger partial charge in [-0.15, -0.1) is 0 Å². The number of carboxylic acid groups (broad SMARTS) is 1. The number of aliphatic carboxylic acids is 1. The van der Waals surface area contributed by atoms with Crippen molar-refractivity contribution in [1.82, 2.24) is 10.2 Å². The number of amides is 2. The molecule has 2 N–H and O–H groups in total. The highest BCUT2D eigenvalue weighted by Crippen LogP contribution is 2.44. The first-order valence-electron chi connectivity index (χ1n) is 11.7. The minimum Gasteiger partial charge on any atom is -0.480 e. The van der Waals surface area contributed by atoms with Gasteiger partial charge >= 0.3 is 12.1 Å². The van der Waals surface area contributed by atoms with Gasteiger partial charge in [-0.05, 0) is 47.4 Å². The predicted octanol–water partition coefficient (Wildman–Crippen LogP) is 4.41. The molecule has 0 aromatic heterocycles. The number of benzene rings is 2. The minimum absolute atomic E-state index is 0.0872. The molecule has 2 aromatic carbocycles. The zero-order chi connectivity index (χ0) is 24.7. The van der Waals surface area contributed by atoms with Gasteiger partial charge in [-0.3, -0.25) is 4.79 Å². The predicted molar refractivity (Wildman–Crippen MR) is 128 cm³/mol. The number of carboxylic acids is 1. The second kappa shape index (κ2) is 8.78. The fourth-order valence-electron chi connectivity index (χ4n) is 5.10. The molecule has 1 aliphatic heterocycles. The quantitative estimate of drug-likeness (QED) is 0.684. The third kappa shape index (κ3) is 4.15. The van der Waals surface area contributed by atoms with Crippen LogP contribution in [0, 0.1) is 5.41 Å². The lowest BCUT2D eigenvalue weighted by Gasteiger charge is -2.38. The lowest BCUT2D eigenvalue weighted by atomic mass is 9.85. The van der Waals surface area contributed by atoms with E-state index in [-0.39, 0.29) is 12.5 Å². The van der Waals surface area contributed by atoms with E-state index in [1.54, 1.807) is 6.92 Å². The molecule has 1 aliphatic carbocycles. The highest BCUT2D eigenvalue weighted by atomic mass is 16.5. The standard InChI is InChI=1S/C27H32N2O5/c1-26(2,3)22(23(30)29-15-9-14-27(29,4)24(31)32)28-25(33)34-16-21-19-12-7-5-10-17(19)18-11-6-8-13-20(18)21/h5-8,10-13,21-22H,9,14-16H2,1-4H3,(H,28,33)(H,31,32). The van der Waals surface area contributed by atoms with Crippen molar-refractivity contribution in [3.8, 4) is 11.1 Å². The first kappa shape index (κ1) is 23.8. The number of carbonyl (C=O) groups excluding carboxylic acids is 2. The number of hydrogen-bond acceptors (Lipinski definition) is 4. The van der Waals surface area contributed by atoms with E-state index in [9.17, 15) is 19.5 Å². The first-order valence-corrected chi connectivity index (χ1v) is 11.7. The largest absolute Gasteiger partial charge is 0.480 e. The summed E-state index contributed by atoms with van der Waals surface area (Å²) in [5, 5.41) is 12.5. The summed E-state index contributed by atoms with van der Waals surface area (Å²) in [7, 11) is 0. The van der Waals surface area contributed by atoms with Gasteiger partial charge in [0.05, 0.1) is 0 Å². The number of ether oxygens (including phenoxy) is 1. The Labute approximate surface area is 200 Å². The molecule has 2 unspecified atom stereocenters. The zero-order valence-electron chi connectivity index (χ0n) is 20.1. The van der Waals surface area contributed by atoms with Gasteiger partial charge in [0.15, 0.2) is 0 Å². The normalized spacial score (nSPS) is 20.4. The van der Waals surface area contributed by atoms with Crippen molar-refractivity contribution >= 4 is 18.0 Å². The molecule has 0 radical (unpaired) electrons. The van der Waals surface area contributed by atoms with Crippen LogP contribution in [0.2, 0.25) is 0 Å². The lowest BCUT2D eigenvalue weighted by Crippen LogP contribution is -2.60. The van der Waals surface area contributed by atoms with E-state index in [0.29, 0.717) is 19.4 Å². The highest BCUT2D eigenvalue weighted by molar-refractivity contribution is 5.92. The summed E-state index contributed by atoms with van der Waals surface area (Å²) in [5.41, 5.74) is 2.57. The molecule has 2 aromatic rings. The van der Waals surface area contributed by atoms with Gasteiger partial charge in [-0.25, -0.2) is 9.59 Å². The molecule has 1 fully saturated rings. The van der Waals surface area contributed by atoms with E-state index >= 15 is 0 Å². The summed E-state index contributed by atoms with van der Waals surface area (Å²) in [4.78, 5) is 39.6. The molecule has 4 rings (SSSR count). The number of likely N-dealkylation sites (tertiary alicyclic amines) is 1. The van der Waals surface area contributed by atoms with Gasteiger partial charge in [0.1, 0.15) is 18.2 Å². The fraction of sp³-hybridized carbons (Fsp3) is 0.444. The number of alkyl carbamates (subject to hydrolysis) is 1. The number of nitrogens with one attached hydrogen (secondary N) is 1. The van der Waals surface area contributed by atoms with Crippen LogP contribution in [0.25, 0.3) is 11.1 Å². The maximum atomic E-state index is 13.4. The Bertz CT molecular complexity index is 1080. The van der Waals surface area contributed by atoms with Gasteiger partial charge in [0.2, 0.25) is 5.91 Å². The van der Waals surface area contributed by atoms with Crippen molar-refractivity contribution in [3.05, 3.63) is 59.7 Å². The molecule has 2 amide bonds. The Hall–Kier alpha value is -3.35. The smallest absolute Gasteiger partial charge is 0.407 e. The first-order chi connectivity index (χ1) is 16.0. The third-order valence-electron chi connectivity index (χ3n) is 7.09. The molecule has 180 valence electrons. The maximum absolute atomic E-state index is 13.4. The number of nitrogens with zero attached hydrogens (tertiary/aromatic N) is 1. The highest BCUT2D eigenvalue weighted by Gasteiger charge is 2.49. The topological polar surface area (TPSA) is 95.9 Å². The summed E-state index contributed by atoms with van der Waals surface area (Å²) in [6.07, 6.45) is 0.304. The van der Waals surface area contributed by atoms with Crippen molar-refractivity contribution in [2.75, 3.05) is 13.2 Å². The molecule has 2 atom stereocenters. The van der Waals surface area contributed by atoms with Crippen LogP contribution in [0.3, 0.4) is 0 Å². The molecule has 1 saturated heterocycles. The molecular formula is C27H32N2O5. The maximum Gasteiger partial charge on any atom is 0.407 e. The third-order valence-corrected chi connectivity index (χ3v) is 7.09. The van der Waals surface area contributed by atoms with Gasteiger partial charge in [0, 0.05) is 12.5 Å². The Morgan fingerprint density at radius 1 is 1.09 bits per heavy atom. The van der Waals surface area contributed by atoms with Crippen molar-refractivity contribution in [2.24, 2.45) is 5.41 Å². The fourth-order valence-corrected chi connectivity index (χ4v) is 5.10. The Morgan fingerprint density at radius 3 is 2.18 bits per heavy atom. The van der Waals surface area contributed by atoms with Crippen LogP contribution in [0.4, 0.5) is 4.79 Å². The van der Waals surface area contributed by atoms with Crippen LogP contribution in [0.1, 0.15) is 57.6 Å². The van der Waals surface area contributed by atoms with E-state index in [1.165, 1.54) is 4.90 Å². The summed E-state index contributed by atoms with van der Waals surface area (Å²) < 4.78 is 5.64. The molecule has 0 spiro atoms. The van der Waals surface area contributed by atoms with Gasteiger partial charge in [-0.2, -0.15) is 0 Å². The minimum atomic E-state index is -1.27. The van der Waals surface area contributed by atoms with Crippen molar-refractivity contribution < 1.29 is 24.2 Å². The van der Waals surface area contributed by atoms with E-state index in [4.69, 9.17) is 4.74 Å². The van der Waals surface area contributed by atoms with Gasteiger partial charge in [0.25, 0.3) is 0 Å². The number of carbonyl (C=O) groups is 3. The molecule has 0 bridgehead atoms. The molecular weight excluding hydrogens is 432 g/mol. The van der Waals surface area contributed by atoms with Crippen molar-refractivity contribution in [3.63, 3.8) is 0 Å². The van der Waals surface area contributed by atoms with Crippen LogP contribution in [0.5, 0.6) is 0 Å². The van der Waals surface area contributed by atoms with E-state index in [2.05, 4.69) is 17.4 Å². The van der Waals surface area contributed by atoms with Crippen LogP contribution in [-0.4, -0.2) is 52.7 Å². The lowest BCUT2D eigenvalue weighted by molar-refractivity contribution is -0.157. The zero-order valence-corrected chi connectivity index (χ0v) is 20.1. The molecule has 0 saturated carbocycles. The summed E-state index contributed by atoms with van der Waals surface area (Å²) in [6.45, 7) is 7.57. The second-order valence-electron chi connectivity index (χ2n) is 10.4. The summed E-state index contributed by atoms with van der Waals surface area (Å²) in [5.74, 6) is -1.52. The Balaban J connectivity index is 1.49. The van der Waals surface area contributed by atoms with Crippen molar-refractivity contribution in [1.29, 1.82) is 0 Å².